The molecule has 1 N–H and O–H groups in total. The Morgan fingerprint density at radius 1 is 1.05 bits per heavy atom. The van der Waals surface area contributed by atoms with Crippen LogP contribution in [0.15, 0.2) is 48.5 Å². The molecule has 0 heterocycles. The molecule has 4 nitrogen and oxygen atoms in total. The predicted octanol–water partition coefficient (Wildman–Crippen LogP) is 3.13. The van der Waals surface area contributed by atoms with E-state index < -0.39 is 0 Å². The van der Waals surface area contributed by atoms with Gasteiger partial charge in [0.05, 0.1) is 12.7 Å². The molecule has 0 saturated heterocycles. The normalized spacial score (nSPS) is 10.3. The monoisotopic (exact) mass is 299 g/mol. The number of hydrogen-bond donors (Lipinski definition) is 1. The summed E-state index contributed by atoms with van der Waals surface area (Å²) in [5.74, 6) is 0.439. The number of methoxy groups -OCH3 is 2. The molecule has 0 atom stereocenters. The molecule has 0 fully saturated rings. The van der Waals surface area contributed by atoms with Crippen molar-refractivity contribution in [3.8, 4) is 16.9 Å². The average Bonchev–Trinajstić information content (AvgIpc) is 2.58. The van der Waals surface area contributed by atoms with Gasteiger partial charge in [0.1, 0.15) is 5.75 Å². The van der Waals surface area contributed by atoms with Gasteiger partial charge in [0.25, 0.3) is 5.91 Å². The van der Waals surface area contributed by atoms with Crippen molar-refractivity contribution in [3.63, 3.8) is 0 Å². The summed E-state index contributed by atoms with van der Waals surface area (Å²) in [6, 6.07) is 15.6. The van der Waals surface area contributed by atoms with E-state index >= 15 is 0 Å². The summed E-state index contributed by atoms with van der Waals surface area (Å²) < 4.78 is 10.3. The van der Waals surface area contributed by atoms with Crippen molar-refractivity contribution in [2.45, 2.75) is 6.42 Å². The first-order chi connectivity index (χ1) is 10.8. The van der Waals surface area contributed by atoms with Crippen molar-refractivity contribution in [1.82, 2.24) is 5.32 Å². The van der Waals surface area contributed by atoms with Crippen molar-refractivity contribution < 1.29 is 14.3 Å². The second-order valence-electron chi connectivity index (χ2n) is 4.88. The summed E-state index contributed by atoms with van der Waals surface area (Å²) >= 11 is 0. The van der Waals surface area contributed by atoms with Gasteiger partial charge in [-0.15, -0.1) is 0 Å². The van der Waals surface area contributed by atoms with Crippen LogP contribution in [0.25, 0.3) is 11.1 Å². The quantitative estimate of drug-likeness (QED) is 0.799. The third kappa shape index (κ3) is 4.09. The molecular formula is C18H21NO3. The molecule has 2 rings (SSSR count). The fraction of sp³-hybridized carbons (Fsp3) is 0.278. The lowest BCUT2D eigenvalue weighted by atomic mass is 10.0. The Bertz CT molecular complexity index is 611. The second kappa shape index (κ2) is 8.20. The molecular weight excluding hydrogens is 278 g/mol. The molecule has 0 aliphatic carbocycles. The zero-order valence-corrected chi connectivity index (χ0v) is 13.0. The number of rotatable bonds is 7. The molecule has 0 saturated carbocycles. The van der Waals surface area contributed by atoms with Crippen molar-refractivity contribution in [1.29, 1.82) is 0 Å². The first kappa shape index (κ1) is 16.0. The molecule has 2 aromatic rings. The van der Waals surface area contributed by atoms with Crippen LogP contribution in [0.5, 0.6) is 5.75 Å². The van der Waals surface area contributed by atoms with Crippen LogP contribution < -0.4 is 10.1 Å². The van der Waals surface area contributed by atoms with E-state index in [0.29, 0.717) is 24.5 Å². The Kier molecular flexibility index (Phi) is 5.98. The minimum Gasteiger partial charge on any atom is -0.496 e. The van der Waals surface area contributed by atoms with Gasteiger partial charge in [0, 0.05) is 20.3 Å². The maximum absolute atomic E-state index is 12.3. The van der Waals surface area contributed by atoms with Crippen LogP contribution in [0.3, 0.4) is 0 Å². The summed E-state index contributed by atoms with van der Waals surface area (Å²) in [5, 5.41) is 2.89. The SMILES string of the molecule is COCCCNC(=O)c1cc(-c2ccccc2)ccc1OC. The highest BCUT2D eigenvalue weighted by Crippen LogP contribution is 2.26. The number of benzene rings is 2. The van der Waals surface area contributed by atoms with Crippen LogP contribution in [0.4, 0.5) is 0 Å². The smallest absolute Gasteiger partial charge is 0.255 e. The molecule has 0 bridgehead atoms. The van der Waals surface area contributed by atoms with E-state index in [4.69, 9.17) is 9.47 Å². The fourth-order valence-corrected chi connectivity index (χ4v) is 2.21. The van der Waals surface area contributed by atoms with E-state index in [9.17, 15) is 4.79 Å². The van der Waals surface area contributed by atoms with Gasteiger partial charge in [-0.1, -0.05) is 36.4 Å². The number of ether oxygens (including phenoxy) is 2. The van der Waals surface area contributed by atoms with Crippen LogP contribution in [-0.4, -0.2) is 33.3 Å². The van der Waals surface area contributed by atoms with Gasteiger partial charge in [0.15, 0.2) is 0 Å². The number of amides is 1. The van der Waals surface area contributed by atoms with E-state index in [1.54, 1.807) is 14.2 Å². The number of nitrogens with one attached hydrogen (secondary N) is 1. The van der Waals surface area contributed by atoms with Gasteiger partial charge >= 0.3 is 0 Å². The van der Waals surface area contributed by atoms with Crippen molar-refractivity contribution in [3.05, 3.63) is 54.1 Å². The third-order valence-corrected chi connectivity index (χ3v) is 3.36. The van der Waals surface area contributed by atoms with Gasteiger partial charge in [-0.25, -0.2) is 0 Å². The minimum absolute atomic E-state index is 0.134. The van der Waals surface area contributed by atoms with Crippen LogP contribution in [0.2, 0.25) is 0 Å². The highest BCUT2D eigenvalue weighted by Gasteiger charge is 2.13. The molecule has 0 spiro atoms. The second-order valence-corrected chi connectivity index (χ2v) is 4.88. The molecule has 22 heavy (non-hydrogen) atoms. The zero-order valence-electron chi connectivity index (χ0n) is 13.0. The number of carbonyl (C=O) groups excluding carboxylic acids is 1. The van der Waals surface area contributed by atoms with Crippen LogP contribution >= 0.6 is 0 Å². The first-order valence-electron chi connectivity index (χ1n) is 7.27. The molecule has 0 radical (unpaired) electrons. The minimum atomic E-state index is -0.134. The summed E-state index contributed by atoms with van der Waals surface area (Å²) in [4.78, 5) is 12.3. The molecule has 4 heteroatoms. The van der Waals surface area contributed by atoms with Crippen LogP contribution in [0.1, 0.15) is 16.8 Å². The predicted molar refractivity (Wildman–Crippen MR) is 87.3 cm³/mol. The Labute approximate surface area is 131 Å². The molecule has 1 amide bonds. The lowest BCUT2D eigenvalue weighted by molar-refractivity contribution is 0.0945. The van der Waals surface area contributed by atoms with Crippen molar-refractivity contribution in [2.24, 2.45) is 0 Å². The molecule has 116 valence electrons. The molecule has 2 aromatic carbocycles. The topological polar surface area (TPSA) is 47.6 Å². The zero-order chi connectivity index (χ0) is 15.8. The Morgan fingerprint density at radius 3 is 2.50 bits per heavy atom. The van der Waals surface area contributed by atoms with Gasteiger partial charge in [-0.3, -0.25) is 4.79 Å². The Hall–Kier alpha value is -2.33. The Balaban J connectivity index is 2.19. The molecule has 0 unspecified atom stereocenters. The highest BCUT2D eigenvalue weighted by molar-refractivity contribution is 5.98. The van der Waals surface area contributed by atoms with Gasteiger partial charge in [-0.05, 0) is 29.7 Å². The summed E-state index contributed by atoms with van der Waals surface area (Å²) in [6.07, 6.45) is 0.781. The van der Waals surface area contributed by atoms with E-state index in [0.717, 1.165) is 17.5 Å². The molecule has 0 aliphatic heterocycles. The Morgan fingerprint density at radius 2 is 1.82 bits per heavy atom. The van der Waals surface area contributed by atoms with E-state index in [1.807, 2.05) is 48.5 Å². The lowest BCUT2D eigenvalue weighted by Gasteiger charge is -2.11. The average molecular weight is 299 g/mol. The maximum Gasteiger partial charge on any atom is 0.255 e. The largest absolute Gasteiger partial charge is 0.496 e. The summed E-state index contributed by atoms with van der Waals surface area (Å²) in [7, 11) is 3.22. The molecule has 0 aromatic heterocycles. The summed E-state index contributed by atoms with van der Waals surface area (Å²) in [6.45, 7) is 1.20. The first-order valence-corrected chi connectivity index (χ1v) is 7.27. The fourth-order valence-electron chi connectivity index (χ4n) is 2.21. The lowest BCUT2D eigenvalue weighted by Crippen LogP contribution is -2.25. The highest BCUT2D eigenvalue weighted by atomic mass is 16.5. The standard InChI is InChI=1S/C18H21NO3/c1-21-12-6-11-19-18(20)16-13-15(9-10-17(16)22-2)14-7-4-3-5-8-14/h3-5,7-10,13H,6,11-12H2,1-2H3,(H,19,20). The van der Waals surface area contributed by atoms with Gasteiger partial charge < -0.3 is 14.8 Å². The number of carbonyl (C=O) groups is 1. The molecule has 0 aliphatic rings. The van der Waals surface area contributed by atoms with E-state index in [1.165, 1.54) is 0 Å². The van der Waals surface area contributed by atoms with Gasteiger partial charge in [0.2, 0.25) is 0 Å². The van der Waals surface area contributed by atoms with Crippen LogP contribution in [0, 0.1) is 0 Å². The maximum atomic E-state index is 12.3. The van der Waals surface area contributed by atoms with Crippen molar-refractivity contribution >= 4 is 5.91 Å². The van der Waals surface area contributed by atoms with Crippen molar-refractivity contribution in [2.75, 3.05) is 27.4 Å². The van der Waals surface area contributed by atoms with Gasteiger partial charge in [-0.2, -0.15) is 0 Å². The van der Waals surface area contributed by atoms with E-state index in [2.05, 4.69) is 5.32 Å². The number of hydrogen-bond acceptors (Lipinski definition) is 3. The third-order valence-electron chi connectivity index (χ3n) is 3.36. The van der Waals surface area contributed by atoms with E-state index in [-0.39, 0.29) is 5.91 Å². The van der Waals surface area contributed by atoms with Crippen LogP contribution in [-0.2, 0) is 4.74 Å². The summed E-state index contributed by atoms with van der Waals surface area (Å²) in [5.41, 5.74) is 2.60.